The number of ether oxygens (including phenoxy) is 1. The number of hydrogen-bond acceptors (Lipinski definition) is 2. The molecule has 0 aliphatic heterocycles. The third-order valence-electron chi connectivity index (χ3n) is 3.09. The fourth-order valence-corrected chi connectivity index (χ4v) is 1.90. The highest BCUT2D eigenvalue weighted by Crippen LogP contribution is 2.60. The van der Waals surface area contributed by atoms with Gasteiger partial charge in [-0.25, -0.2) is 8.78 Å². The van der Waals surface area contributed by atoms with Crippen LogP contribution in [-0.4, -0.2) is 19.6 Å². The molecule has 2 rings (SSSR count). The van der Waals surface area contributed by atoms with Crippen molar-refractivity contribution >= 4 is 0 Å². The average molecular weight is 213 g/mol. The van der Waals surface area contributed by atoms with Crippen LogP contribution >= 0.6 is 0 Å². The second kappa shape index (κ2) is 3.17. The van der Waals surface area contributed by atoms with Crippen molar-refractivity contribution in [1.82, 2.24) is 0 Å². The summed E-state index contributed by atoms with van der Waals surface area (Å²) in [6.07, 6.45) is -0.150. The molecule has 0 aromatic heterocycles. The van der Waals surface area contributed by atoms with Crippen molar-refractivity contribution in [3.05, 3.63) is 29.8 Å². The standard InChI is InChI=1S/C11H13F2NO/c1-15-9-4-2-8(3-5-9)10(7-14)6-11(10,12)13/h2-5H,6-7,14H2,1H3. The molecule has 1 aliphatic rings. The van der Waals surface area contributed by atoms with Gasteiger partial charge in [0.1, 0.15) is 5.75 Å². The summed E-state index contributed by atoms with van der Waals surface area (Å²) in [6.45, 7) is -0.0215. The number of methoxy groups -OCH3 is 1. The van der Waals surface area contributed by atoms with Crippen molar-refractivity contribution in [1.29, 1.82) is 0 Å². The average Bonchev–Trinajstić information content (AvgIpc) is 2.82. The van der Waals surface area contributed by atoms with Gasteiger partial charge < -0.3 is 10.5 Å². The zero-order chi connectivity index (χ0) is 11.1. The van der Waals surface area contributed by atoms with Crippen molar-refractivity contribution < 1.29 is 13.5 Å². The molecule has 1 aromatic rings. The maximum atomic E-state index is 13.2. The number of benzene rings is 1. The molecule has 0 radical (unpaired) electrons. The first kappa shape index (κ1) is 10.4. The molecule has 1 aliphatic carbocycles. The van der Waals surface area contributed by atoms with Crippen molar-refractivity contribution in [2.24, 2.45) is 5.73 Å². The SMILES string of the molecule is COc1ccc(C2(CN)CC2(F)F)cc1. The smallest absolute Gasteiger partial charge is 0.260 e. The highest BCUT2D eigenvalue weighted by Gasteiger charge is 2.70. The van der Waals surface area contributed by atoms with Crippen LogP contribution in [0.1, 0.15) is 12.0 Å². The number of rotatable bonds is 3. The van der Waals surface area contributed by atoms with Gasteiger partial charge >= 0.3 is 0 Å². The first-order chi connectivity index (χ1) is 7.05. The third-order valence-corrected chi connectivity index (χ3v) is 3.09. The zero-order valence-corrected chi connectivity index (χ0v) is 8.47. The van der Waals surface area contributed by atoms with Crippen molar-refractivity contribution in [2.75, 3.05) is 13.7 Å². The van der Waals surface area contributed by atoms with Gasteiger partial charge in [0.25, 0.3) is 5.92 Å². The predicted octanol–water partition coefficient (Wildman–Crippen LogP) is 1.93. The van der Waals surface area contributed by atoms with E-state index in [1.807, 2.05) is 0 Å². The number of alkyl halides is 2. The molecular weight excluding hydrogens is 200 g/mol. The van der Waals surface area contributed by atoms with Crippen LogP contribution in [0.5, 0.6) is 5.75 Å². The molecule has 15 heavy (non-hydrogen) atoms. The highest BCUT2D eigenvalue weighted by molar-refractivity contribution is 5.41. The molecule has 2 N–H and O–H groups in total. The molecule has 1 unspecified atom stereocenters. The van der Waals surface area contributed by atoms with Crippen molar-refractivity contribution in [3.63, 3.8) is 0 Å². The summed E-state index contributed by atoms with van der Waals surface area (Å²) in [7, 11) is 1.54. The van der Waals surface area contributed by atoms with Crippen LogP contribution in [0.4, 0.5) is 8.78 Å². The summed E-state index contributed by atoms with van der Waals surface area (Å²) in [6, 6.07) is 6.68. The minimum Gasteiger partial charge on any atom is -0.497 e. The first-order valence-electron chi connectivity index (χ1n) is 4.78. The van der Waals surface area contributed by atoms with Crippen molar-refractivity contribution in [2.45, 2.75) is 17.8 Å². The van der Waals surface area contributed by atoms with Crippen LogP contribution in [0.15, 0.2) is 24.3 Å². The Morgan fingerprint density at radius 2 is 1.87 bits per heavy atom. The molecule has 0 amide bonds. The summed E-state index contributed by atoms with van der Waals surface area (Å²) in [4.78, 5) is 0. The first-order valence-corrected chi connectivity index (χ1v) is 4.78. The molecule has 0 heterocycles. The molecule has 0 bridgehead atoms. The maximum absolute atomic E-state index is 13.2. The van der Waals surface area contributed by atoms with Crippen LogP contribution < -0.4 is 10.5 Å². The van der Waals surface area contributed by atoms with Gasteiger partial charge in [0.2, 0.25) is 0 Å². The molecule has 1 aromatic carbocycles. The van der Waals surface area contributed by atoms with E-state index in [2.05, 4.69) is 0 Å². The second-order valence-corrected chi connectivity index (χ2v) is 3.90. The largest absolute Gasteiger partial charge is 0.497 e. The van der Waals surface area contributed by atoms with Crippen LogP contribution in [0.3, 0.4) is 0 Å². The lowest BCUT2D eigenvalue weighted by atomic mass is 9.95. The zero-order valence-electron chi connectivity index (χ0n) is 8.47. The molecule has 4 heteroatoms. The summed E-state index contributed by atoms with van der Waals surface area (Å²) in [5.41, 5.74) is 4.89. The lowest BCUT2D eigenvalue weighted by Gasteiger charge is -2.14. The molecular formula is C11H13F2NO. The van der Waals surface area contributed by atoms with E-state index in [4.69, 9.17) is 10.5 Å². The van der Waals surface area contributed by atoms with E-state index in [0.29, 0.717) is 11.3 Å². The Bertz CT molecular complexity index is 363. The maximum Gasteiger partial charge on any atom is 0.260 e. The van der Waals surface area contributed by atoms with Crippen LogP contribution in [0.2, 0.25) is 0 Å². The van der Waals surface area contributed by atoms with Gasteiger partial charge in [0.15, 0.2) is 0 Å². The molecule has 82 valence electrons. The van der Waals surface area contributed by atoms with Gasteiger partial charge in [0, 0.05) is 13.0 Å². The van der Waals surface area contributed by atoms with Gasteiger partial charge in [-0.15, -0.1) is 0 Å². The Kier molecular flexibility index (Phi) is 2.19. The lowest BCUT2D eigenvalue weighted by Crippen LogP contribution is -2.26. The minimum absolute atomic E-state index is 0.0215. The van der Waals surface area contributed by atoms with E-state index in [1.54, 1.807) is 31.4 Å². The highest BCUT2D eigenvalue weighted by atomic mass is 19.3. The number of hydrogen-bond donors (Lipinski definition) is 1. The fraction of sp³-hybridized carbons (Fsp3) is 0.455. The van der Waals surface area contributed by atoms with E-state index in [9.17, 15) is 8.78 Å². The normalized spacial score (nSPS) is 27.5. The van der Waals surface area contributed by atoms with E-state index in [-0.39, 0.29) is 13.0 Å². The monoisotopic (exact) mass is 213 g/mol. The van der Waals surface area contributed by atoms with Gasteiger partial charge in [-0.05, 0) is 17.7 Å². The Hall–Kier alpha value is -1.16. The lowest BCUT2D eigenvalue weighted by molar-refractivity contribution is 0.0896. The summed E-state index contributed by atoms with van der Waals surface area (Å²) in [5, 5.41) is 0. The summed E-state index contributed by atoms with van der Waals surface area (Å²) in [5.74, 6) is -1.99. The van der Waals surface area contributed by atoms with E-state index in [1.165, 1.54) is 0 Å². The minimum atomic E-state index is -2.66. The fourth-order valence-electron chi connectivity index (χ4n) is 1.90. The Morgan fingerprint density at radius 1 is 1.33 bits per heavy atom. The van der Waals surface area contributed by atoms with Crippen LogP contribution in [-0.2, 0) is 5.41 Å². The third kappa shape index (κ3) is 1.40. The van der Waals surface area contributed by atoms with E-state index in [0.717, 1.165) is 0 Å². The van der Waals surface area contributed by atoms with E-state index < -0.39 is 11.3 Å². The van der Waals surface area contributed by atoms with Crippen LogP contribution in [0, 0.1) is 0 Å². The molecule has 1 atom stereocenters. The Labute approximate surface area is 87.0 Å². The number of nitrogens with two attached hydrogens (primary N) is 1. The molecule has 0 saturated heterocycles. The molecule has 2 nitrogen and oxygen atoms in total. The van der Waals surface area contributed by atoms with Crippen LogP contribution in [0.25, 0.3) is 0 Å². The van der Waals surface area contributed by atoms with Gasteiger partial charge in [0.05, 0.1) is 12.5 Å². The molecule has 1 saturated carbocycles. The number of halogens is 2. The predicted molar refractivity (Wildman–Crippen MR) is 53.3 cm³/mol. The Balaban J connectivity index is 2.30. The topological polar surface area (TPSA) is 35.2 Å². The van der Waals surface area contributed by atoms with Crippen molar-refractivity contribution in [3.8, 4) is 5.75 Å². The van der Waals surface area contributed by atoms with Gasteiger partial charge in [-0.3, -0.25) is 0 Å². The second-order valence-electron chi connectivity index (χ2n) is 3.90. The summed E-state index contributed by atoms with van der Waals surface area (Å²) < 4.78 is 31.4. The Morgan fingerprint density at radius 3 is 2.20 bits per heavy atom. The summed E-state index contributed by atoms with van der Waals surface area (Å²) >= 11 is 0. The quantitative estimate of drug-likeness (QED) is 0.832. The van der Waals surface area contributed by atoms with Gasteiger partial charge in [-0.1, -0.05) is 12.1 Å². The van der Waals surface area contributed by atoms with Gasteiger partial charge in [-0.2, -0.15) is 0 Å². The molecule has 1 fully saturated rings. The van der Waals surface area contributed by atoms with E-state index >= 15 is 0 Å². The molecule has 0 spiro atoms.